The van der Waals surface area contributed by atoms with Crippen LogP contribution in [0.1, 0.15) is 101 Å². The van der Waals surface area contributed by atoms with Crippen LogP contribution in [-0.4, -0.2) is 46.7 Å². The molecule has 0 aliphatic carbocycles. The molecule has 0 saturated heterocycles. The molecule has 0 amide bonds. The summed E-state index contributed by atoms with van der Waals surface area (Å²) in [5, 5.41) is 12.4. The van der Waals surface area contributed by atoms with Gasteiger partial charge in [0.05, 0.1) is 18.0 Å². The second-order valence-electron chi connectivity index (χ2n) is 14.6. The molecule has 1 N–H and O–H groups in total. The fraction of sp³-hybridized carbons (Fsp3) is 0.622. The lowest BCUT2D eigenvalue weighted by molar-refractivity contribution is 0.0277. The zero-order chi connectivity index (χ0) is 31.8. The third-order valence-corrected chi connectivity index (χ3v) is 20.6. The predicted molar refractivity (Wildman–Crippen MR) is 187 cm³/mol. The molecule has 0 spiro atoms. The molecule has 2 aromatic rings. The van der Waals surface area contributed by atoms with Crippen molar-refractivity contribution in [1.29, 1.82) is 0 Å². The van der Waals surface area contributed by atoms with E-state index in [9.17, 15) is 5.11 Å². The van der Waals surface area contributed by atoms with E-state index in [1.165, 1.54) is 10.4 Å². The van der Waals surface area contributed by atoms with Crippen LogP contribution < -0.4 is 10.4 Å². The molecule has 0 fully saturated rings. The summed E-state index contributed by atoms with van der Waals surface area (Å²) in [7, 11) is -4.67. The Morgan fingerprint density at radius 3 is 1.79 bits per heavy atom. The highest BCUT2D eigenvalue weighted by atomic mass is 28.4. The molecule has 1 aliphatic rings. The van der Waals surface area contributed by atoms with Gasteiger partial charge >= 0.3 is 0 Å². The minimum Gasteiger partial charge on any atom is -0.495 e. The molecule has 6 heteroatoms. The van der Waals surface area contributed by atoms with E-state index in [1.54, 1.807) is 0 Å². The minimum absolute atomic E-state index is 0.0351. The van der Waals surface area contributed by atoms with E-state index in [0.29, 0.717) is 23.2 Å². The number of allylic oxidation sites excluding steroid dienone is 1. The lowest BCUT2D eigenvalue weighted by Crippen LogP contribution is -2.66. The Morgan fingerprint density at radius 2 is 1.35 bits per heavy atom. The molecule has 43 heavy (non-hydrogen) atoms. The highest BCUT2D eigenvalue weighted by molar-refractivity contribution is 6.99. The van der Waals surface area contributed by atoms with E-state index < -0.39 is 16.6 Å². The summed E-state index contributed by atoms with van der Waals surface area (Å²) < 4.78 is 21.2. The molecular weight excluding hydrogens is 565 g/mol. The van der Waals surface area contributed by atoms with Crippen LogP contribution in [-0.2, 0) is 13.6 Å². The zero-order valence-corrected chi connectivity index (χ0v) is 30.7. The maximum absolute atomic E-state index is 9.88. The highest BCUT2D eigenvalue weighted by Crippen LogP contribution is 2.44. The monoisotopic (exact) mass is 624 g/mol. The fourth-order valence-electron chi connectivity index (χ4n) is 7.58. The van der Waals surface area contributed by atoms with Crippen LogP contribution in [0.3, 0.4) is 0 Å². The number of hydrogen-bond donors (Lipinski definition) is 1. The number of benzene rings is 2. The molecule has 0 bridgehead atoms. The van der Waals surface area contributed by atoms with Gasteiger partial charge in [0, 0.05) is 25.9 Å². The normalized spacial score (nSPS) is 19.1. The zero-order valence-electron chi connectivity index (χ0n) is 28.7. The Bertz CT molecular complexity index is 1060. The predicted octanol–water partition coefficient (Wildman–Crippen LogP) is 8.74. The molecule has 0 unspecified atom stereocenters. The average molecular weight is 625 g/mol. The number of aliphatic hydroxyl groups is 1. The minimum atomic E-state index is -2.61. The molecule has 3 atom stereocenters. The van der Waals surface area contributed by atoms with E-state index in [2.05, 4.69) is 129 Å². The number of rotatable bonds is 15. The smallest absolute Gasteiger partial charge is 0.261 e. The standard InChI is InChI=1S/C37H60O4Si2/c1-28(2)42(29(3)4,30(5)6)41-34-26-32(19-17-18-31(7)38)40-33(27-34)24-25-39-43(37(8,9)10,35-20-13-11-14-21-35)36-22-15-12-16-23-36/h11-16,20-23,26,28-31,33-34,38H,17-19,24-25,27H2,1-10H3/t31-,33+,34-/m0/s1. The van der Waals surface area contributed by atoms with Crippen LogP contribution in [0.5, 0.6) is 0 Å². The van der Waals surface area contributed by atoms with E-state index >= 15 is 0 Å². The van der Waals surface area contributed by atoms with Crippen molar-refractivity contribution >= 4 is 27.0 Å². The maximum Gasteiger partial charge on any atom is 0.261 e. The summed E-state index contributed by atoms with van der Waals surface area (Å²) in [4.78, 5) is 0. The highest BCUT2D eigenvalue weighted by Gasteiger charge is 2.50. The molecule has 2 aromatic carbocycles. The first-order valence-corrected chi connectivity index (χ1v) is 20.8. The van der Waals surface area contributed by atoms with E-state index in [4.69, 9.17) is 13.6 Å². The van der Waals surface area contributed by atoms with Gasteiger partial charge in [-0.1, -0.05) is 123 Å². The van der Waals surface area contributed by atoms with E-state index in [1.807, 2.05) is 6.92 Å². The summed E-state index contributed by atoms with van der Waals surface area (Å²) >= 11 is 0. The molecule has 1 heterocycles. The van der Waals surface area contributed by atoms with Gasteiger partial charge in [-0.25, -0.2) is 0 Å². The molecule has 0 saturated carbocycles. The molecule has 0 radical (unpaired) electrons. The summed E-state index contributed by atoms with van der Waals surface area (Å²) in [6.45, 7) is 23.6. The van der Waals surface area contributed by atoms with Gasteiger partial charge < -0.3 is 18.7 Å². The summed E-state index contributed by atoms with van der Waals surface area (Å²) in [5.74, 6) is 1.02. The van der Waals surface area contributed by atoms with Gasteiger partial charge in [-0.05, 0) is 57.9 Å². The third-order valence-electron chi connectivity index (χ3n) is 9.47. The topological polar surface area (TPSA) is 47.9 Å². The van der Waals surface area contributed by atoms with Crippen LogP contribution in [0.15, 0.2) is 72.5 Å². The first-order chi connectivity index (χ1) is 20.2. The first kappa shape index (κ1) is 35.8. The van der Waals surface area contributed by atoms with Crippen molar-refractivity contribution in [3.8, 4) is 0 Å². The van der Waals surface area contributed by atoms with Crippen molar-refractivity contribution in [2.24, 2.45) is 0 Å². The SMILES string of the molecule is CC(C)[Si](O[C@H]1C=C(CCC[C@H](C)O)O[C@H](CCO[Si](c2ccccc2)(c2ccccc2)C(C)(C)C)C1)(C(C)C)C(C)C. The van der Waals surface area contributed by atoms with E-state index in [0.717, 1.165) is 37.9 Å². The van der Waals surface area contributed by atoms with Crippen LogP contribution in [0, 0.1) is 0 Å². The second-order valence-corrected chi connectivity index (χ2v) is 24.3. The molecule has 3 rings (SSSR count). The van der Waals surface area contributed by atoms with Crippen molar-refractivity contribution in [3.63, 3.8) is 0 Å². The molecule has 1 aliphatic heterocycles. The van der Waals surface area contributed by atoms with Crippen LogP contribution in [0.25, 0.3) is 0 Å². The molecule has 4 nitrogen and oxygen atoms in total. The van der Waals surface area contributed by atoms with E-state index in [-0.39, 0.29) is 23.4 Å². The Hall–Kier alpha value is -1.71. The van der Waals surface area contributed by atoms with Crippen molar-refractivity contribution in [2.75, 3.05) is 6.61 Å². The van der Waals surface area contributed by atoms with Crippen molar-refractivity contribution in [1.82, 2.24) is 0 Å². The van der Waals surface area contributed by atoms with Crippen molar-refractivity contribution in [3.05, 3.63) is 72.5 Å². The summed E-state index contributed by atoms with van der Waals surface area (Å²) in [5.41, 5.74) is 1.58. The maximum atomic E-state index is 9.88. The summed E-state index contributed by atoms with van der Waals surface area (Å²) in [6, 6.07) is 21.7. The van der Waals surface area contributed by atoms with Crippen molar-refractivity contribution in [2.45, 2.75) is 141 Å². The molecule has 240 valence electrons. The lowest BCUT2D eigenvalue weighted by atomic mass is 10.0. The van der Waals surface area contributed by atoms with Crippen molar-refractivity contribution < 1.29 is 18.7 Å². The quantitative estimate of drug-likeness (QED) is 0.201. The summed E-state index contributed by atoms with van der Waals surface area (Å²) in [6.07, 6.45) is 6.23. The van der Waals surface area contributed by atoms with Gasteiger partial charge in [0.2, 0.25) is 8.32 Å². The van der Waals surface area contributed by atoms with Gasteiger partial charge in [-0.15, -0.1) is 0 Å². The molecular formula is C37H60O4Si2. The van der Waals surface area contributed by atoms with Crippen LogP contribution in [0.4, 0.5) is 0 Å². The lowest BCUT2D eigenvalue weighted by Gasteiger charge is -2.46. The van der Waals surface area contributed by atoms with Gasteiger partial charge in [0.1, 0.15) is 6.10 Å². The fourth-order valence-corrected chi connectivity index (χ4v) is 17.7. The number of hydrogen-bond acceptors (Lipinski definition) is 4. The second kappa shape index (κ2) is 15.5. The number of ether oxygens (including phenoxy) is 1. The molecule has 0 aromatic heterocycles. The Balaban J connectivity index is 1.88. The third kappa shape index (κ3) is 8.52. The average Bonchev–Trinajstić information content (AvgIpc) is 2.93. The van der Waals surface area contributed by atoms with Crippen LogP contribution >= 0.6 is 0 Å². The number of aliphatic hydroxyl groups excluding tert-OH is 1. The van der Waals surface area contributed by atoms with Gasteiger partial charge in [0.15, 0.2) is 0 Å². The van der Waals surface area contributed by atoms with Gasteiger partial charge in [-0.3, -0.25) is 0 Å². The Labute approximate surface area is 265 Å². The van der Waals surface area contributed by atoms with Gasteiger partial charge in [-0.2, -0.15) is 0 Å². The first-order valence-electron chi connectivity index (χ1n) is 16.7. The Morgan fingerprint density at radius 1 is 0.837 bits per heavy atom. The Kier molecular flexibility index (Phi) is 12.9. The van der Waals surface area contributed by atoms with Gasteiger partial charge in [0.25, 0.3) is 8.32 Å². The largest absolute Gasteiger partial charge is 0.495 e. The van der Waals surface area contributed by atoms with Crippen LogP contribution in [0.2, 0.25) is 21.7 Å².